The topological polar surface area (TPSA) is 24.9 Å². The van der Waals surface area contributed by atoms with Gasteiger partial charge in [0, 0.05) is 13.0 Å². The first-order valence-electron chi connectivity index (χ1n) is 3.06. The Morgan fingerprint density at radius 2 is 2.56 bits per heavy atom. The Morgan fingerprint density at radius 1 is 1.67 bits per heavy atom. The van der Waals surface area contributed by atoms with Gasteiger partial charge in [0.1, 0.15) is 5.82 Å². The van der Waals surface area contributed by atoms with E-state index in [4.69, 9.17) is 0 Å². The second-order valence-corrected chi connectivity index (χ2v) is 3.47. The van der Waals surface area contributed by atoms with Crippen LogP contribution in [0, 0.1) is 6.92 Å². The summed E-state index contributed by atoms with van der Waals surface area (Å²) >= 11 is 1.80. The fraction of sp³-hybridized carbons (Fsp3) is 0.500. The number of nitrogens with zero attached hydrogens (tertiary/aromatic N) is 1. The second-order valence-electron chi connectivity index (χ2n) is 2.18. The zero-order valence-corrected chi connectivity index (χ0v) is 6.09. The maximum Gasteiger partial charge on any atom is 0.140 e. The molecule has 0 fully saturated rings. The van der Waals surface area contributed by atoms with Crippen LogP contribution in [0.15, 0.2) is 0 Å². The summed E-state index contributed by atoms with van der Waals surface area (Å²) in [6.07, 6.45) is 1.17. The van der Waals surface area contributed by atoms with Crippen LogP contribution in [0.2, 0.25) is 0 Å². The van der Waals surface area contributed by atoms with E-state index >= 15 is 0 Å². The summed E-state index contributed by atoms with van der Waals surface area (Å²) in [6.45, 7) is 3.12. The van der Waals surface area contributed by atoms with E-state index in [0.717, 1.165) is 12.4 Å². The maximum absolute atomic E-state index is 4.30. The van der Waals surface area contributed by atoms with Crippen LogP contribution in [0.25, 0.3) is 0 Å². The van der Waals surface area contributed by atoms with Crippen LogP contribution in [0.5, 0.6) is 0 Å². The van der Waals surface area contributed by atoms with Gasteiger partial charge in [-0.25, -0.2) is 4.98 Å². The highest BCUT2D eigenvalue weighted by molar-refractivity contribution is 7.12. The molecule has 2 nitrogen and oxygen atoms in total. The quantitative estimate of drug-likeness (QED) is 0.589. The summed E-state index contributed by atoms with van der Waals surface area (Å²) in [5.74, 6) is 1.12. The number of hydrogen-bond acceptors (Lipinski definition) is 3. The van der Waals surface area contributed by atoms with E-state index in [1.807, 2.05) is 6.92 Å². The molecule has 48 valence electrons. The predicted molar refractivity (Wildman–Crippen MR) is 39.0 cm³/mol. The van der Waals surface area contributed by atoms with E-state index in [2.05, 4.69) is 10.3 Å². The van der Waals surface area contributed by atoms with Crippen LogP contribution in [0.4, 0.5) is 5.82 Å². The van der Waals surface area contributed by atoms with Crippen LogP contribution in [-0.2, 0) is 6.42 Å². The number of hydrogen-bond donors (Lipinski definition) is 1. The van der Waals surface area contributed by atoms with E-state index in [1.165, 1.54) is 16.3 Å². The lowest BCUT2D eigenvalue weighted by molar-refractivity contribution is 1.12. The molecule has 1 N–H and O–H groups in total. The minimum Gasteiger partial charge on any atom is -0.369 e. The van der Waals surface area contributed by atoms with Gasteiger partial charge in [-0.05, 0) is 6.92 Å². The van der Waals surface area contributed by atoms with Gasteiger partial charge < -0.3 is 5.32 Å². The van der Waals surface area contributed by atoms with Crippen LogP contribution >= 0.6 is 11.3 Å². The van der Waals surface area contributed by atoms with Crippen molar-refractivity contribution >= 4 is 17.2 Å². The number of aromatic nitrogens is 1. The third-order valence-electron chi connectivity index (χ3n) is 1.45. The molecule has 0 aliphatic carbocycles. The molecule has 0 amide bonds. The second kappa shape index (κ2) is 1.70. The minimum absolute atomic E-state index is 1.08. The molecule has 0 aromatic carbocycles. The summed E-state index contributed by atoms with van der Waals surface area (Å²) in [5, 5.41) is 4.39. The molecule has 0 atom stereocenters. The highest BCUT2D eigenvalue weighted by atomic mass is 32.1. The van der Waals surface area contributed by atoms with Gasteiger partial charge >= 0.3 is 0 Å². The van der Waals surface area contributed by atoms with E-state index in [0.29, 0.717) is 0 Å². The Kier molecular flexibility index (Phi) is 0.990. The van der Waals surface area contributed by atoms with Gasteiger partial charge in [0.25, 0.3) is 0 Å². The Labute approximate surface area is 57.9 Å². The van der Waals surface area contributed by atoms with Gasteiger partial charge in [-0.15, -0.1) is 11.3 Å². The van der Waals surface area contributed by atoms with Crippen molar-refractivity contribution in [2.75, 3.05) is 11.9 Å². The summed E-state index contributed by atoms with van der Waals surface area (Å²) in [4.78, 5) is 5.72. The molecule has 0 spiro atoms. The van der Waals surface area contributed by atoms with Crippen LogP contribution in [-0.4, -0.2) is 11.5 Å². The lowest BCUT2D eigenvalue weighted by Gasteiger charge is -1.86. The Morgan fingerprint density at radius 3 is 3.33 bits per heavy atom. The third-order valence-corrected chi connectivity index (χ3v) is 2.48. The molecule has 0 bridgehead atoms. The standard InChI is InChI=1S/C6H8N2S/c1-4-8-6-5(9-4)2-3-7-6/h7H,2-3H2,1H3. The zero-order valence-electron chi connectivity index (χ0n) is 5.27. The number of nitrogens with one attached hydrogen (secondary N) is 1. The van der Waals surface area contributed by atoms with Crippen molar-refractivity contribution in [2.45, 2.75) is 13.3 Å². The molecular weight excluding hydrogens is 132 g/mol. The average Bonchev–Trinajstić information content (AvgIpc) is 2.22. The lowest BCUT2D eigenvalue weighted by atomic mass is 10.4. The Bertz CT molecular complexity index is 207. The van der Waals surface area contributed by atoms with Gasteiger partial charge in [-0.2, -0.15) is 0 Å². The first-order valence-corrected chi connectivity index (χ1v) is 3.88. The number of anilines is 1. The van der Waals surface area contributed by atoms with Gasteiger partial charge in [-0.3, -0.25) is 0 Å². The largest absolute Gasteiger partial charge is 0.369 e. The maximum atomic E-state index is 4.30. The van der Waals surface area contributed by atoms with Gasteiger partial charge in [0.15, 0.2) is 0 Å². The fourth-order valence-corrected chi connectivity index (χ4v) is 1.98. The molecule has 2 rings (SSSR count). The number of aryl methyl sites for hydroxylation is 1. The molecule has 1 aliphatic heterocycles. The van der Waals surface area contributed by atoms with Gasteiger partial charge in [0.2, 0.25) is 0 Å². The first kappa shape index (κ1) is 5.23. The summed E-state index contributed by atoms with van der Waals surface area (Å²) in [6, 6.07) is 0. The smallest absolute Gasteiger partial charge is 0.140 e. The van der Waals surface area contributed by atoms with Crippen molar-refractivity contribution in [1.29, 1.82) is 0 Å². The van der Waals surface area contributed by atoms with Crippen LogP contribution in [0.3, 0.4) is 0 Å². The fourth-order valence-electron chi connectivity index (χ4n) is 1.07. The van der Waals surface area contributed by atoms with Crippen molar-refractivity contribution < 1.29 is 0 Å². The monoisotopic (exact) mass is 140 g/mol. The first-order chi connectivity index (χ1) is 4.36. The summed E-state index contributed by atoms with van der Waals surface area (Å²) in [5.41, 5.74) is 0. The molecule has 0 saturated carbocycles. The molecule has 0 saturated heterocycles. The van der Waals surface area contributed by atoms with Crippen molar-refractivity contribution in [3.8, 4) is 0 Å². The molecule has 2 heterocycles. The molecule has 3 heteroatoms. The van der Waals surface area contributed by atoms with Crippen molar-refractivity contribution in [2.24, 2.45) is 0 Å². The SMILES string of the molecule is Cc1nc2c(s1)CCN2. The van der Waals surface area contributed by atoms with E-state index < -0.39 is 0 Å². The highest BCUT2D eigenvalue weighted by Crippen LogP contribution is 2.26. The summed E-state index contributed by atoms with van der Waals surface area (Å²) in [7, 11) is 0. The molecule has 1 aromatic rings. The summed E-state index contributed by atoms with van der Waals surface area (Å²) < 4.78 is 0. The van der Waals surface area contributed by atoms with Crippen molar-refractivity contribution in [3.05, 3.63) is 9.88 Å². The predicted octanol–water partition coefficient (Wildman–Crippen LogP) is 1.42. The molecule has 0 radical (unpaired) electrons. The lowest BCUT2D eigenvalue weighted by Crippen LogP contribution is -1.93. The Balaban J connectivity index is 2.51. The molecule has 1 aromatic heterocycles. The molecule has 9 heavy (non-hydrogen) atoms. The van der Waals surface area contributed by atoms with Crippen molar-refractivity contribution in [3.63, 3.8) is 0 Å². The van der Waals surface area contributed by atoms with E-state index in [-0.39, 0.29) is 0 Å². The van der Waals surface area contributed by atoms with E-state index in [9.17, 15) is 0 Å². The molecular formula is C6H8N2S. The zero-order chi connectivity index (χ0) is 6.27. The molecule has 0 unspecified atom stereocenters. The van der Waals surface area contributed by atoms with Gasteiger partial charge in [-0.1, -0.05) is 0 Å². The minimum atomic E-state index is 1.08. The van der Waals surface area contributed by atoms with Crippen LogP contribution in [0.1, 0.15) is 9.88 Å². The highest BCUT2D eigenvalue weighted by Gasteiger charge is 2.13. The van der Waals surface area contributed by atoms with Crippen LogP contribution < -0.4 is 5.32 Å². The Hall–Kier alpha value is -0.570. The van der Waals surface area contributed by atoms with E-state index in [1.54, 1.807) is 11.3 Å². The number of fused-ring (bicyclic) bond motifs is 1. The van der Waals surface area contributed by atoms with Crippen molar-refractivity contribution in [1.82, 2.24) is 4.98 Å². The van der Waals surface area contributed by atoms with Gasteiger partial charge in [0.05, 0.1) is 9.88 Å². The number of thiazole rings is 1. The number of rotatable bonds is 0. The normalized spacial score (nSPS) is 15.2. The molecule has 1 aliphatic rings. The third kappa shape index (κ3) is 0.721. The average molecular weight is 140 g/mol.